The minimum atomic E-state index is -4.37. The molecule has 0 atom stereocenters. The average Bonchev–Trinajstić information content (AvgIpc) is 3.29. The van der Waals surface area contributed by atoms with Crippen LogP contribution in [0, 0.1) is 0 Å². The van der Waals surface area contributed by atoms with E-state index < -0.39 is 37.7 Å². The number of rotatable bonds is 15. The first-order valence-electron chi connectivity index (χ1n) is 10.3. The predicted octanol–water partition coefficient (Wildman–Crippen LogP) is 2.30. The van der Waals surface area contributed by atoms with Gasteiger partial charge >= 0.3 is 13.8 Å². The van der Waals surface area contributed by atoms with E-state index in [1.165, 1.54) is 26.4 Å². The lowest BCUT2D eigenvalue weighted by atomic mass is 10.0. The molecule has 1 aromatic heterocycles. The first-order valence-corrected chi connectivity index (χ1v) is 11.7. The molecule has 35 heavy (non-hydrogen) atoms. The van der Waals surface area contributed by atoms with Crippen molar-refractivity contribution in [3.05, 3.63) is 29.1 Å². The number of nitrogen functional groups attached to an aromatic ring is 1. The number of nitrogens with two attached hydrogens (primary N) is 1. The van der Waals surface area contributed by atoms with E-state index in [2.05, 4.69) is 29.3 Å². The maximum absolute atomic E-state index is 13.3. The van der Waals surface area contributed by atoms with Crippen LogP contribution < -0.4 is 15.2 Å². The highest BCUT2D eigenvalue weighted by atomic mass is 31.2. The SMILES string of the molecule is CCOOP(=O)(OCn1nc(C(=O)OCC)c(C(=O)c2cc(OC)c(OC)cc2N)n1)OOCC. The summed E-state index contributed by atoms with van der Waals surface area (Å²) in [5.41, 5.74) is 5.17. The molecule has 0 aliphatic carbocycles. The van der Waals surface area contributed by atoms with E-state index in [4.69, 9.17) is 24.5 Å². The van der Waals surface area contributed by atoms with Gasteiger partial charge in [-0.1, -0.05) is 0 Å². The normalized spacial score (nSPS) is 11.3. The van der Waals surface area contributed by atoms with Gasteiger partial charge in [-0.15, -0.1) is 19.5 Å². The number of ketones is 1. The third-order valence-electron chi connectivity index (χ3n) is 3.99. The fourth-order valence-corrected chi connectivity index (χ4v) is 3.35. The number of anilines is 1. The van der Waals surface area contributed by atoms with Crippen LogP contribution in [0.3, 0.4) is 0 Å². The van der Waals surface area contributed by atoms with Crippen molar-refractivity contribution in [1.82, 2.24) is 15.0 Å². The Hall–Kier alpha value is -3.07. The van der Waals surface area contributed by atoms with Crippen LogP contribution in [-0.2, 0) is 39.7 Å². The molecule has 1 aromatic carbocycles. The maximum Gasteiger partial charge on any atom is 0.531 e. The fraction of sp³-hybridized carbons (Fsp3) is 0.474. The number of esters is 1. The molecular weight excluding hydrogens is 491 g/mol. The molecule has 16 heteroatoms. The molecule has 0 bridgehead atoms. The van der Waals surface area contributed by atoms with E-state index in [1.807, 2.05) is 0 Å². The van der Waals surface area contributed by atoms with Crippen LogP contribution in [0.15, 0.2) is 12.1 Å². The van der Waals surface area contributed by atoms with Gasteiger partial charge in [0.1, 0.15) is 0 Å². The van der Waals surface area contributed by atoms with Gasteiger partial charge in [0.15, 0.2) is 23.9 Å². The van der Waals surface area contributed by atoms with E-state index in [1.54, 1.807) is 20.8 Å². The third kappa shape index (κ3) is 7.21. The Morgan fingerprint density at radius 3 is 2.06 bits per heavy atom. The summed E-state index contributed by atoms with van der Waals surface area (Å²) in [4.78, 5) is 35.8. The van der Waals surface area contributed by atoms with E-state index in [0.29, 0.717) is 5.75 Å². The van der Waals surface area contributed by atoms with Crippen molar-refractivity contribution in [2.24, 2.45) is 0 Å². The zero-order valence-electron chi connectivity index (χ0n) is 19.8. The molecule has 0 saturated carbocycles. The van der Waals surface area contributed by atoms with Gasteiger partial charge in [0.2, 0.25) is 11.5 Å². The number of carbonyl (C=O) groups excluding carboxylic acids is 2. The number of carbonyl (C=O) groups is 2. The monoisotopic (exact) mass is 518 g/mol. The molecule has 2 rings (SSSR count). The second-order valence-corrected chi connectivity index (χ2v) is 7.73. The number of hydrogen-bond donors (Lipinski definition) is 1. The highest BCUT2D eigenvalue weighted by Crippen LogP contribution is 2.50. The summed E-state index contributed by atoms with van der Waals surface area (Å²) >= 11 is 0. The van der Waals surface area contributed by atoms with Gasteiger partial charge in [0, 0.05) is 11.8 Å². The lowest BCUT2D eigenvalue weighted by molar-refractivity contribution is -0.280. The highest BCUT2D eigenvalue weighted by Gasteiger charge is 2.33. The number of ether oxygens (including phenoxy) is 3. The van der Waals surface area contributed by atoms with Gasteiger partial charge in [-0.3, -0.25) is 9.32 Å². The van der Waals surface area contributed by atoms with Crippen LogP contribution in [0.25, 0.3) is 0 Å². The lowest BCUT2D eigenvalue weighted by Gasteiger charge is -2.14. The summed E-state index contributed by atoms with van der Waals surface area (Å²) in [6.45, 7) is 4.10. The van der Waals surface area contributed by atoms with Gasteiger partial charge < -0.3 is 19.9 Å². The summed E-state index contributed by atoms with van der Waals surface area (Å²) in [7, 11) is -1.58. The lowest BCUT2D eigenvalue weighted by Crippen LogP contribution is -2.14. The largest absolute Gasteiger partial charge is 0.531 e. The zero-order chi connectivity index (χ0) is 26.0. The molecule has 15 nitrogen and oxygen atoms in total. The Balaban J connectivity index is 2.42. The summed E-state index contributed by atoms with van der Waals surface area (Å²) in [6, 6.07) is 2.72. The standard InChI is InChI=1S/C19H27N4O11P/c1-6-29-19(25)17-16(18(24)12-9-14(27-4)15(28-5)10-13(12)20)21-23(22-17)11-32-35(26,33-30-7-2)34-31-8-3/h9-10H,6-8,11,20H2,1-5H3. The van der Waals surface area contributed by atoms with Crippen molar-refractivity contribution in [2.45, 2.75) is 27.5 Å². The van der Waals surface area contributed by atoms with Crippen molar-refractivity contribution < 1.29 is 52.0 Å². The van der Waals surface area contributed by atoms with Crippen LogP contribution in [-0.4, -0.2) is 60.8 Å². The van der Waals surface area contributed by atoms with Gasteiger partial charge in [0.25, 0.3) is 0 Å². The molecule has 0 radical (unpaired) electrons. The number of aromatic nitrogens is 3. The van der Waals surface area contributed by atoms with Crippen LogP contribution in [0.5, 0.6) is 11.5 Å². The highest BCUT2D eigenvalue weighted by molar-refractivity contribution is 7.48. The molecule has 0 saturated heterocycles. The van der Waals surface area contributed by atoms with Crippen LogP contribution >= 0.6 is 7.82 Å². The Morgan fingerprint density at radius 2 is 1.51 bits per heavy atom. The quantitative estimate of drug-likeness (QED) is 0.0905. The van der Waals surface area contributed by atoms with Crippen molar-refractivity contribution in [3.63, 3.8) is 0 Å². The Morgan fingerprint density at radius 1 is 0.943 bits per heavy atom. The minimum absolute atomic E-state index is 0.00785. The average molecular weight is 518 g/mol. The molecular formula is C19H27N4O11P. The first-order chi connectivity index (χ1) is 16.7. The molecule has 2 N–H and O–H groups in total. The minimum Gasteiger partial charge on any atom is -0.493 e. The smallest absolute Gasteiger partial charge is 0.493 e. The number of nitrogens with zero attached hydrogens (tertiary/aromatic N) is 3. The second kappa shape index (κ2) is 13.1. The number of methoxy groups -OCH3 is 2. The third-order valence-corrected chi connectivity index (χ3v) is 5.00. The van der Waals surface area contributed by atoms with Gasteiger partial charge in [0.05, 0.1) is 39.6 Å². The second-order valence-electron chi connectivity index (χ2n) is 6.28. The van der Waals surface area contributed by atoms with Crippen molar-refractivity contribution in [2.75, 3.05) is 39.8 Å². The van der Waals surface area contributed by atoms with E-state index in [9.17, 15) is 14.2 Å². The number of hydrogen-bond acceptors (Lipinski definition) is 14. The zero-order valence-corrected chi connectivity index (χ0v) is 20.7. The Bertz CT molecular complexity index is 1060. The van der Waals surface area contributed by atoms with E-state index >= 15 is 0 Å². The topological polar surface area (TPSA) is 182 Å². The molecule has 1 heterocycles. The van der Waals surface area contributed by atoms with Crippen molar-refractivity contribution >= 4 is 25.3 Å². The maximum atomic E-state index is 13.3. The van der Waals surface area contributed by atoms with Crippen LogP contribution in [0.2, 0.25) is 0 Å². The van der Waals surface area contributed by atoms with E-state index in [0.717, 1.165) is 4.80 Å². The molecule has 2 aromatic rings. The van der Waals surface area contributed by atoms with Crippen molar-refractivity contribution in [3.8, 4) is 11.5 Å². The van der Waals surface area contributed by atoms with Gasteiger partial charge in [-0.05, 0) is 26.8 Å². The summed E-state index contributed by atoms with van der Waals surface area (Å²) in [5.74, 6) is -1.18. The first kappa shape index (κ1) is 28.2. The molecule has 0 aliphatic rings. The van der Waals surface area contributed by atoms with E-state index in [-0.39, 0.29) is 36.8 Å². The number of benzene rings is 1. The molecule has 0 amide bonds. The Kier molecular flexibility index (Phi) is 10.6. The summed E-state index contributed by atoms with van der Waals surface area (Å²) in [6.07, 6.45) is 0. The van der Waals surface area contributed by atoms with Gasteiger partial charge in [-0.2, -0.15) is 4.80 Å². The van der Waals surface area contributed by atoms with Crippen LogP contribution in [0.1, 0.15) is 47.3 Å². The molecule has 0 spiro atoms. The Labute approximate surface area is 200 Å². The molecule has 0 fully saturated rings. The van der Waals surface area contributed by atoms with Crippen LogP contribution in [0.4, 0.5) is 5.69 Å². The van der Waals surface area contributed by atoms with Crippen molar-refractivity contribution in [1.29, 1.82) is 0 Å². The molecule has 194 valence electrons. The molecule has 0 aliphatic heterocycles. The molecule has 0 unspecified atom stereocenters. The number of phosphoric acid groups is 1. The predicted molar refractivity (Wildman–Crippen MR) is 117 cm³/mol. The summed E-state index contributed by atoms with van der Waals surface area (Å²) < 4.78 is 42.2. The fourth-order valence-electron chi connectivity index (χ4n) is 2.53. The summed E-state index contributed by atoms with van der Waals surface area (Å²) in [5, 5.41) is 7.90. The van der Waals surface area contributed by atoms with Gasteiger partial charge in [-0.25, -0.2) is 19.1 Å².